The van der Waals surface area contributed by atoms with E-state index in [1.54, 1.807) is 13.0 Å². The van der Waals surface area contributed by atoms with Crippen molar-refractivity contribution in [1.29, 1.82) is 0 Å². The highest BCUT2D eigenvalue weighted by Gasteiger charge is 2.22. The van der Waals surface area contributed by atoms with Gasteiger partial charge in [0.25, 0.3) is 10.0 Å². The Bertz CT molecular complexity index is 522. The van der Waals surface area contributed by atoms with Gasteiger partial charge in [-0.25, -0.2) is 13.1 Å². The Morgan fingerprint density at radius 3 is 2.68 bits per heavy atom. The number of nitrogens with one attached hydrogen (secondary N) is 1. The second-order valence-electron chi connectivity index (χ2n) is 4.20. The molecule has 19 heavy (non-hydrogen) atoms. The summed E-state index contributed by atoms with van der Waals surface area (Å²) in [6.45, 7) is 5.63. The Labute approximate surface area is 123 Å². The third-order valence-corrected chi connectivity index (χ3v) is 6.53. The minimum absolute atomic E-state index is 0.184. The van der Waals surface area contributed by atoms with E-state index in [4.69, 9.17) is 0 Å². The van der Waals surface area contributed by atoms with Crippen LogP contribution in [0.3, 0.4) is 0 Å². The third-order valence-electron chi connectivity index (χ3n) is 2.45. The summed E-state index contributed by atoms with van der Waals surface area (Å²) in [4.78, 5) is 12.7. The van der Waals surface area contributed by atoms with Crippen molar-refractivity contribution >= 4 is 39.0 Å². The fraction of sp³-hybridized carbons (Fsp3) is 0.583. The van der Waals surface area contributed by atoms with Crippen molar-refractivity contribution in [3.8, 4) is 0 Å². The smallest absolute Gasteiger partial charge is 0.273 e. The SMILES string of the molecule is CCCCS[C@@H](C)C(=O)NS(=O)(=O)c1ccc(C)s1. The Morgan fingerprint density at radius 1 is 1.47 bits per heavy atom. The van der Waals surface area contributed by atoms with Crippen LogP contribution in [0.1, 0.15) is 31.6 Å². The zero-order valence-electron chi connectivity index (χ0n) is 11.3. The molecule has 0 saturated carbocycles. The molecule has 0 bridgehead atoms. The molecule has 1 heterocycles. The molecule has 0 fully saturated rings. The minimum atomic E-state index is -3.71. The predicted octanol–water partition coefficient (Wildman–Crippen LogP) is 2.78. The van der Waals surface area contributed by atoms with Gasteiger partial charge in [0.15, 0.2) is 0 Å². The fourth-order valence-corrected chi connectivity index (χ4v) is 4.73. The second kappa shape index (κ2) is 7.31. The molecule has 0 aliphatic carbocycles. The summed E-state index contributed by atoms with van der Waals surface area (Å²) in [7, 11) is -3.71. The van der Waals surface area contributed by atoms with Gasteiger partial charge in [-0.3, -0.25) is 4.79 Å². The summed E-state index contributed by atoms with van der Waals surface area (Å²) >= 11 is 2.64. The lowest BCUT2D eigenvalue weighted by atomic mass is 10.4. The van der Waals surface area contributed by atoms with Crippen molar-refractivity contribution in [1.82, 2.24) is 4.72 Å². The minimum Gasteiger partial charge on any atom is -0.273 e. The lowest BCUT2D eigenvalue weighted by Crippen LogP contribution is -2.35. The van der Waals surface area contributed by atoms with Crippen LogP contribution in [0.5, 0.6) is 0 Å². The number of hydrogen-bond donors (Lipinski definition) is 1. The molecule has 0 spiro atoms. The van der Waals surface area contributed by atoms with Gasteiger partial charge in [0.1, 0.15) is 4.21 Å². The van der Waals surface area contributed by atoms with Crippen molar-refractivity contribution in [2.24, 2.45) is 0 Å². The first kappa shape index (κ1) is 16.5. The van der Waals surface area contributed by atoms with E-state index in [2.05, 4.69) is 11.6 Å². The lowest BCUT2D eigenvalue weighted by Gasteiger charge is -2.11. The molecule has 0 aromatic carbocycles. The van der Waals surface area contributed by atoms with Crippen LogP contribution in [0, 0.1) is 6.92 Å². The zero-order chi connectivity index (χ0) is 14.5. The van der Waals surface area contributed by atoms with Crippen molar-refractivity contribution in [2.75, 3.05) is 5.75 Å². The second-order valence-corrected chi connectivity index (χ2v) is 8.85. The molecule has 0 saturated heterocycles. The van der Waals surface area contributed by atoms with Crippen molar-refractivity contribution in [2.45, 2.75) is 43.1 Å². The summed E-state index contributed by atoms with van der Waals surface area (Å²) < 4.78 is 26.2. The number of amides is 1. The van der Waals surface area contributed by atoms with E-state index >= 15 is 0 Å². The average molecular weight is 321 g/mol. The molecule has 1 rings (SSSR count). The van der Waals surface area contributed by atoms with E-state index in [1.807, 2.05) is 6.92 Å². The molecular weight excluding hydrogens is 302 g/mol. The van der Waals surface area contributed by atoms with E-state index in [0.29, 0.717) is 0 Å². The normalized spacial score (nSPS) is 13.2. The largest absolute Gasteiger partial charge is 0.273 e. The van der Waals surface area contributed by atoms with Crippen LogP contribution in [0.4, 0.5) is 0 Å². The van der Waals surface area contributed by atoms with Crippen LogP contribution >= 0.6 is 23.1 Å². The number of unbranched alkanes of at least 4 members (excludes halogenated alkanes) is 1. The van der Waals surface area contributed by atoms with Crippen LogP contribution in [0.15, 0.2) is 16.3 Å². The number of carbonyl (C=O) groups is 1. The van der Waals surface area contributed by atoms with Gasteiger partial charge in [0, 0.05) is 4.88 Å². The predicted molar refractivity (Wildman–Crippen MR) is 81.2 cm³/mol. The van der Waals surface area contributed by atoms with Gasteiger partial charge in [0.05, 0.1) is 5.25 Å². The molecule has 1 aromatic heterocycles. The molecule has 0 radical (unpaired) electrons. The van der Waals surface area contributed by atoms with Crippen LogP contribution in [-0.2, 0) is 14.8 Å². The van der Waals surface area contributed by atoms with E-state index in [9.17, 15) is 13.2 Å². The lowest BCUT2D eigenvalue weighted by molar-refractivity contribution is -0.118. The molecule has 1 atom stereocenters. The van der Waals surface area contributed by atoms with Crippen LogP contribution in [-0.4, -0.2) is 25.3 Å². The number of thioether (sulfide) groups is 1. The highest BCUT2D eigenvalue weighted by atomic mass is 32.2. The first-order chi connectivity index (χ1) is 8.86. The molecule has 7 heteroatoms. The van der Waals surface area contributed by atoms with E-state index in [1.165, 1.54) is 17.8 Å². The maximum atomic E-state index is 12.0. The summed E-state index contributed by atoms with van der Waals surface area (Å²) in [6, 6.07) is 3.24. The zero-order valence-corrected chi connectivity index (χ0v) is 13.8. The number of carbonyl (C=O) groups excluding carboxylic acids is 1. The number of hydrogen-bond acceptors (Lipinski definition) is 5. The number of aryl methyl sites for hydroxylation is 1. The standard InChI is InChI=1S/C12H19NO3S3/c1-4-5-8-17-10(3)12(14)13-19(15,16)11-7-6-9(2)18-11/h6-7,10H,4-5,8H2,1-3H3,(H,13,14)/t10-/m0/s1. The Hall–Kier alpha value is -0.530. The molecular formula is C12H19NO3S3. The van der Waals surface area contributed by atoms with Gasteiger partial charge in [-0.1, -0.05) is 13.3 Å². The third kappa shape index (κ3) is 5.16. The van der Waals surface area contributed by atoms with Gasteiger partial charge in [0.2, 0.25) is 5.91 Å². The Morgan fingerprint density at radius 2 is 2.16 bits per heavy atom. The summed E-state index contributed by atoms with van der Waals surface area (Å²) in [6.07, 6.45) is 2.09. The van der Waals surface area contributed by atoms with E-state index in [0.717, 1.165) is 34.8 Å². The van der Waals surface area contributed by atoms with Crippen LogP contribution in [0.2, 0.25) is 0 Å². The fourth-order valence-electron chi connectivity index (χ4n) is 1.30. The molecule has 0 aliphatic rings. The first-order valence-electron chi connectivity index (χ1n) is 6.11. The van der Waals surface area contributed by atoms with Gasteiger partial charge in [-0.2, -0.15) is 0 Å². The number of rotatable bonds is 7. The molecule has 1 amide bonds. The van der Waals surface area contributed by atoms with Crippen molar-refractivity contribution in [3.05, 3.63) is 17.0 Å². The Kier molecular flexibility index (Phi) is 6.35. The number of thiophene rings is 1. The molecule has 1 aromatic rings. The summed E-state index contributed by atoms with van der Waals surface area (Å²) in [5.41, 5.74) is 0. The quantitative estimate of drug-likeness (QED) is 0.784. The summed E-state index contributed by atoms with van der Waals surface area (Å²) in [5.74, 6) is 0.413. The molecule has 1 N–H and O–H groups in total. The van der Waals surface area contributed by atoms with E-state index in [-0.39, 0.29) is 9.46 Å². The van der Waals surface area contributed by atoms with Gasteiger partial charge < -0.3 is 0 Å². The Balaban J connectivity index is 2.60. The maximum Gasteiger partial charge on any atom is 0.273 e. The monoisotopic (exact) mass is 321 g/mol. The molecule has 0 aliphatic heterocycles. The first-order valence-corrected chi connectivity index (χ1v) is 9.46. The van der Waals surface area contributed by atoms with Gasteiger partial charge >= 0.3 is 0 Å². The van der Waals surface area contributed by atoms with Crippen molar-refractivity contribution in [3.63, 3.8) is 0 Å². The van der Waals surface area contributed by atoms with Crippen LogP contribution < -0.4 is 4.72 Å². The van der Waals surface area contributed by atoms with Gasteiger partial charge in [-0.05, 0) is 38.2 Å². The van der Waals surface area contributed by atoms with Gasteiger partial charge in [-0.15, -0.1) is 23.1 Å². The molecule has 0 unspecified atom stereocenters. The highest BCUT2D eigenvalue weighted by Crippen LogP contribution is 2.21. The molecule has 108 valence electrons. The number of sulfonamides is 1. The summed E-state index contributed by atoms with van der Waals surface area (Å²) in [5, 5.41) is -0.359. The van der Waals surface area contributed by atoms with Crippen LogP contribution in [0.25, 0.3) is 0 Å². The average Bonchev–Trinajstić information content (AvgIpc) is 2.76. The maximum absolute atomic E-state index is 12.0. The highest BCUT2D eigenvalue weighted by molar-refractivity contribution is 8.00. The van der Waals surface area contributed by atoms with Crippen molar-refractivity contribution < 1.29 is 13.2 Å². The van der Waals surface area contributed by atoms with E-state index < -0.39 is 15.9 Å². The molecule has 4 nitrogen and oxygen atoms in total. The topological polar surface area (TPSA) is 63.2 Å².